The van der Waals surface area contributed by atoms with E-state index >= 15 is 0 Å². The Morgan fingerprint density at radius 2 is 1.90 bits per heavy atom. The summed E-state index contributed by atoms with van der Waals surface area (Å²) in [5.74, 6) is -1.20. The van der Waals surface area contributed by atoms with Crippen molar-refractivity contribution < 1.29 is 18.7 Å². The van der Waals surface area contributed by atoms with Crippen LogP contribution in [-0.4, -0.2) is 34.4 Å². The van der Waals surface area contributed by atoms with Gasteiger partial charge in [-0.3, -0.25) is 4.79 Å². The molecule has 1 atom stereocenters. The molecule has 5 nitrogen and oxygen atoms in total. The maximum Gasteiger partial charge on any atom is 0.341 e. The third kappa shape index (κ3) is 3.42. The zero-order valence-corrected chi connectivity index (χ0v) is 16.2. The SMILES string of the molecule is CCOC(=O)C1=CN(C(=O)c2ccc(F)cc2)C(C)Cc2c1[nH]c1ccccc21. The summed E-state index contributed by atoms with van der Waals surface area (Å²) in [5.41, 5.74) is 3.23. The Labute approximate surface area is 167 Å². The average Bonchev–Trinajstić information content (AvgIpc) is 2.99. The molecule has 29 heavy (non-hydrogen) atoms. The van der Waals surface area contributed by atoms with Crippen LogP contribution in [0.4, 0.5) is 4.39 Å². The lowest BCUT2D eigenvalue weighted by molar-refractivity contribution is -0.136. The Morgan fingerprint density at radius 3 is 2.62 bits per heavy atom. The number of halogens is 1. The molecule has 0 saturated carbocycles. The summed E-state index contributed by atoms with van der Waals surface area (Å²) in [6, 6.07) is 13.0. The summed E-state index contributed by atoms with van der Waals surface area (Å²) in [4.78, 5) is 30.7. The Hall–Kier alpha value is -3.41. The lowest BCUT2D eigenvalue weighted by Gasteiger charge is -2.25. The summed E-state index contributed by atoms with van der Waals surface area (Å²) in [6.45, 7) is 3.90. The van der Waals surface area contributed by atoms with Crippen molar-refractivity contribution in [3.8, 4) is 0 Å². The van der Waals surface area contributed by atoms with Gasteiger partial charge >= 0.3 is 5.97 Å². The molecule has 2 heterocycles. The minimum Gasteiger partial charge on any atom is -0.462 e. The van der Waals surface area contributed by atoms with Gasteiger partial charge in [0.2, 0.25) is 0 Å². The van der Waals surface area contributed by atoms with Gasteiger partial charge in [-0.25, -0.2) is 9.18 Å². The topological polar surface area (TPSA) is 62.4 Å². The lowest BCUT2D eigenvalue weighted by atomic mass is 10.0. The molecule has 0 spiro atoms. The number of carbonyl (C=O) groups is 2. The van der Waals surface area contributed by atoms with E-state index in [1.54, 1.807) is 13.1 Å². The van der Waals surface area contributed by atoms with E-state index in [4.69, 9.17) is 4.74 Å². The third-order valence-electron chi connectivity index (χ3n) is 5.15. The highest BCUT2D eigenvalue weighted by molar-refractivity contribution is 6.18. The number of rotatable bonds is 3. The van der Waals surface area contributed by atoms with E-state index in [0.717, 1.165) is 16.5 Å². The van der Waals surface area contributed by atoms with Crippen molar-refractivity contribution in [1.82, 2.24) is 9.88 Å². The van der Waals surface area contributed by atoms with Gasteiger partial charge in [0.25, 0.3) is 5.91 Å². The number of hydrogen-bond acceptors (Lipinski definition) is 3. The summed E-state index contributed by atoms with van der Waals surface area (Å²) < 4.78 is 18.5. The number of H-pyrrole nitrogens is 1. The first-order valence-corrected chi connectivity index (χ1v) is 9.56. The monoisotopic (exact) mass is 392 g/mol. The highest BCUT2D eigenvalue weighted by Gasteiger charge is 2.31. The molecular weight excluding hydrogens is 371 g/mol. The van der Waals surface area contributed by atoms with Gasteiger partial charge in [-0.05, 0) is 56.2 Å². The second kappa shape index (κ2) is 7.54. The molecule has 1 aromatic heterocycles. The fourth-order valence-corrected chi connectivity index (χ4v) is 3.73. The number of ether oxygens (including phenoxy) is 1. The third-order valence-corrected chi connectivity index (χ3v) is 5.15. The van der Waals surface area contributed by atoms with Crippen LogP contribution < -0.4 is 0 Å². The van der Waals surface area contributed by atoms with Crippen LogP contribution in [0, 0.1) is 5.82 Å². The molecule has 2 aromatic carbocycles. The van der Waals surface area contributed by atoms with E-state index in [9.17, 15) is 14.0 Å². The van der Waals surface area contributed by atoms with Crippen molar-refractivity contribution in [3.05, 3.63) is 77.4 Å². The summed E-state index contributed by atoms with van der Waals surface area (Å²) >= 11 is 0. The molecule has 1 unspecified atom stereocenters. The average molecular weight is 392 g/mol. The molecule has 148 valence electrons. The van der Waals surface area contributed by atoms with Crippen molar-refractivity contribution in [1.29, 1.82) is 0 Å². The number of hydrogen-bond donors (Lipinski definition) is 1. The molecule has 1 amide bonds. The first-order valence-electron chi connectivity index (χ1n) is 9.56. The number of para-hydroxylation sites is 1. The van der Waals surface area contributed by atoms with Crippen LogP contribution in [0.3, 0.4) is 0 Å². The summed E-state index contributed by atoms with van der Waals surface area (Å²) in [5, 5.41) is 1.01. The van der Waals surface area contributed by atoms with Crippen LogP contribution in [0.25, 0.3) is 16.5 Å². The van der Waals surface area contributed by atoms with Crippen LogP contribution in [0.5, 0.6) is 0 Å². The van der Waals surface area contributed by atoms with E-state index in [0.29, 0.717) is 23.3 Å². The normalized spacial score (nSPS) is 16.2. The number of nitrogens with zero attached hydrogens (tertiary/aromatic N) is 1. The number of esters is 1. The van der Waals surface area contributed by atoms with E-state index in [1.165, 1.54) is 29.2 Å². The minimum absolute atomic E-state index is 0.211. The quantitative estimate of drug-likeness (QED) is 0.676. The second-order valence-corrected chi connectivity index (χ2v) is 7.06. The molecular formula is C23H21FN2O3. The predicted octanol–water partition coefficient (Wildman–Crippen LogP) is 4.30. The predicted molar refractivity (Wildman–Crippen MR) is 109 cm³/mol. The minimum atomic E-state index is -0.494. The fraction of sp³-hybridized carbons (Fsp3) is 0.217. The van der Waals surface area contributed by atoms with Gasteiger partial charge in [-0.2, -0.15) is 0 Å². The molecule has 4 rings (SSSR count). The number of benzene rings is 2. The second-order valence-electron chi connectivity index (χ2n) is 7.06. The van der Waals surface area contributed by atoms with Gasteiger partial charge in [-0.1, -0.05) is 18.2 Å². The van der Waals surface area contributed by atoms with Crippen LogP contribution >= 0.6 is 0 Å². The van der Waals surface area contributed by atoms with E-state index < -0.39 is 11.8 Å². The Kier molecular flexibility index (Phi) is 4.92. The van der Waals surface area contributed by atoms with Gasteiger partial charge in [-0.15, -0.1) is 0 Å². The van der Waals surface area contributed by atoms with E-state index in [2.05, 4.69) is 4.98 Å². The lowest BCUT2D eigenvalue weighted by Crippen LogP contribution is -2.35. The maximum atomic E-state index is 13.3. The Bertz CT molecular complexity index is 1110. The zero-order chi connectivity index (χ0) is 20.5. The highest BCUT2D eigenvalue weighted by atomic mass is 19.1. The van der Waals surface area contributed by atoms with Gasteiger partial charge in [0, 0.05) is 28.7 Å². The maximum absolute atomic E-state index is 13.3. The number of amides is 1. The standard InChI is InChI=1S/C23H21FN2O3/c1-3-29-23(28)19-13-26(22(27)15-8-10-16(24)11-9-15)14(2)12-18-17-6-4-5-7-20(17)25-21(18)19/h4-11,13-14,25H,3,12H2,1-2H3. The first-order chi connectivity index (χ1) is 14.0. The van der Waals surface area contributed by atoms with Crippen LogP contribution in [-0.2, 0) is 16.0 Å². The smallest absolute Gasteiger partial charge is 0.341 e. The van der Waals surface area contributed by atoms with E-state index in [1.807, 2.05) is 31.2 Å². The van der Waals surface area contributed by atoms with Crippen LogP contribution in [0.1, 0.15) is 35.5 Å². The van der Waals surface area contributed by atoms with Crippen molar-refractivity contribution >= 4 is 28.4 Å². The molecule has 0 bridgehead atoms. The zero-order valence-electron chi connectivity index (χ0n) is 16.2. The van der Waals surface area contributed by atoms with Gasteiger partial charge in [0.1, 0.15) is 5.82 Å². The number of aromatic amines is 1. The molecule has 1 aliphatic heterocycles. The van der Waals surface area contributed by atoms with Crippen LogP contribution in [0.2, 0.25) is 0 Å². The number of nitrogens with one attached hydrogen (secondary N) is 1. The van der Waals surface area contributed by atoms with Gasteiger partial charge < -0.3 is 14.6 Å². The summed E-state index contributed by atoms with van der Waals surface area (Å²) in [7, 11) is 0. The van der Waals surface area contributed by atoms with Gasteiger partial charge in [0.05, 0.1) is 17.9 Å². The molecule has 1 N–H and O–H groups in total. The molecule has 0 saturated heterocycles. The largest absolute Gasteiger partial charge is 0.462 e. The van der Waals surface area contributed by atoms with Gasteiger partial charge in [0.15, 0.2) is 0 Å². The highest BCUT2D eigenvalue weighted by Crippen LogP contribution is 2.33. The Morgan fingerprint density at radius 1 is 1.17 bits per heavy atom. The molecule has 0 aliphatic carbocycles. The number of aromatic nitrogens is 1. The molecule has 6 heteroatoms. The van der Waals surface area contributed by atoms with Crippen molar-refractivity contribution in [2.24, 2.45) is 0 Å². The molecule has 0 fully saturated rings. The summed E-state index contributed by atoms with van der Waals surface area (Å²) in [6.07, 6.45) is 2.11. The van der Waals surface area contributed by atoms with E-state index in [-0.39, 0.29) is 18.6 Å². The number of fused-ring (bicyclic) bond motifs is 3. The van der Waals surface area contributed by atoms with Crippen LogP contribution in [0.15, 0.2) is 54.7 Å². The first kappa shape index (κ1) is 18.9. The molecule has 3 aromatic rings. The number of carbonyl (C=O) groups excluding carboxylic acids is 2. The van der Waals surface area contributed by atoms with Crippen molar-refractivity contribution in [3.63, 3.8) is 0 Å². The molecule has 0 radical (unpaired) electrons. The van der Waals surface area contributed by atoms with Crippen molar-refractivity contribution in [2.75, 3.05) is 6.61 Å². The Balaban J connectivity index is 1.84. The molecule has 1 aliphatic rings. The van der Waals surface area contributed by atoms with Crippen molar-refractivity contribution in [2.45, 2.75) is 26.3 Å². The fourth-order valence-electron chi connectivity index (χ4n) is 3.73.